The van der Waals surface area contributed by atoms with Crippen LogP contribution in [-0.4, -0.2) is 79.3 Å². The summed E-state index contributed by atoms with van der Waals surface area (Å²) in [6.45, 7) is 11.1. The van der Waals surface area contributed by atoms with E-state index < -0.39 is 0 Å². The van der Waals surface area contributed by atoms with E-state index in [9.17, 15) is 0 Å². The first-order chi connectivity index (χ1) is 11.8. The van der Waals surface area contributed by atoms with Crippen molar-refractivity contribution in [2.75, 3.05) is 79.3 Å². The summed E-state index contributed by atoms with van der Waals surface area (Å²) in [6, 6.07) is 0. The normalized spacial score (nSPS) is 12.2. The molecular formula is C18H34O6. The van der Waals surface area contributed by atoms with Crippen molar-refractivity contribution in [1.82, 2.24) is 0 Å². The zero-order valence-corrected chi connectivity index (χ0v) is 15.3. The van der Waals surface area contributed by atoms with Gasteiger partial charge in [0.1, 0.15) is 6.61 Å². The number of hydrogen-bond acceptors (Lipinski definition) is 6. The second-order valence-corrected chi connectivity index (χ2v) is 5.29. The topological polar surface area (TPSA) is 55.4 Å². The highest BCUT2D eigenvalue weighted by atomic mass is 16.6. The Labute approximate surface area is 147 Å². The molecule has 0 heterocycles. The first-order valence-corrected chi connectivity index (χ1v) is 8.71. The molecule has 0 saturated heterocycles. The molecular weight excluding hydrogens is 312 g/mol. The monoisotopic (exact) mass is 346 g/mol. The summed E-state index contributed by atoms with van der Waals surface area (Å²) < 4.78 is 32.0. The molecule has 0 radical (unpaired) electrons. The van der Waals surface area contributed by atoms with Crippen LogP contribution in [0.2, 0.25) is 0 Å². The van der Waals surface area contributed by atoms with Crippen LogP contribution < -0.4 is 0 Å². The lowest BCUT2D eigenvalue weighted by atomic mass is 10.1. The maximum atomic E-state index is 5.49. The van der Waals surface area contributed by atoms with Gasteiger partial charge in [0, 0.05) is 6.61 Å². The van der Waals surface area contributed by atoms with E-state index in [0.29, 0.717) is 78.6 Å². The van der Waals surface area contributed by atoms with E-state index in [-0.39, 0.29) is 0 Å². The fraction of sp³-hybridized carbons (Fsp3) is 0.889. The van der Waals surface area contributed by atoms with Crippen molar-refractivity contribution in [3.8, 4) is 12.3 Å². The number of hydrogen-bond donors (Lipinski definition) is 0. The summed E-state index contributed by atoms with van der Waals surface area (Å²) in [7, 11) is 0. The minimum Gasteiger partial charge on any atom is -0.379 e. The van der Waals surface area contributed by atoms with Gasteiger partial charge in [-0.3, -0.25) is 0 Å². The van der Waals surface area contributed by atoms with E-state index in [1.807, 2.05) is 0 Å². The molecule has 0 rings (SSSR count). The zero-order chi connectivity index (χ0) is 17.7. The van der Waals surface area contributed by atoms with Crippen molar-refractivity contribution in [3.63, 3.8) is 0 Å². The zero-order valence-electron chi connectivity index (χ0n) is 15.3. The number of terminal acetylenes is 1. The molecule has 0 aromatic heterocycles. The van der Waals surface area contributed by atoms with Gasteiger partial charge in [0.2, 0.25) is 0 Å². The molecule has 0 saturated carbocycles. The average Bonchev–Trinajstić information content (AvgIpc) is 2.60. The van der Waals surface area contributed by atoms with Crippen LogP contribution in [0.5, 0.6) is 0 Å². The van der Waals surface area contributed by atoms with Gasteiger partial charge in [-0.2, -0.15) is 0 Å². The molecule has 6 heteroatoms. The van der Waals surface area contributed by atoms with E-state index in [1.165, 1.54) is 0 Å². The fourth-order valence-electron chi connectivity index (χ4n) is 1.53. The molecule has 0 aromatic rings. The molecule has 0 aliphatic heterocycles. The van der Waals surface area contributed by atoms with Crippen molar-refractivity contribution in [3.05, 3.63) is 0 Å². The Balaban J connectivity index is 2.99. The van der Waals surface area contributed by atoms with Crippen molar-refractivity contribution in [1.29, 1.82) is 0 Å². The third-order valence-corrected chi connectivity index (χ3v) is 3.14. The SMILES string of the molecule is C#CCOCCOCCOCCOCCOCCOCC(C)CC. The third kappa shape index (κ3) is 19.4. The van der Waals surface area contributed by atoms with Gasteiger partial charge in [-0.1, -0.05) is 26.2 Å². The Bertz CT molecular complexity index is 279. The molecule has 0 spiro atoms. The molecule has 0 fully saturated rings. The van der Waals surface area contributed by atoms with Crippen LogP contribution in [0.1, 0.15) is 20.3 Å². The molecule has 0 aliphatic carbocycles. The maximum absolute atomic E-state index is 5.49. The molecule has 0 N–H and O–H groups in total. The smallest absolute Gasteiger partial charge is 0.107 e. The van der Waals surface area contributed by atoms with Gasteiger partial charge in [-0.25, -0.2) is 0 Å². The fourth-order valence-corrected chi connectivity index (χ4v) is 1.53. The largest absolute Gasteiger partial charge is 0.379 e. The van der Waals surface area contributed by atoms with Crippen LogP contribution in [-0.2, 0) is 28.4 Å². The van der Waals surface area contributed by atoms with Gasteiger partial charge in [-0.05, 0) is 5.92 Å². The average molecular weight is 346 g/mol. The molecule has 0 aromatic carbocycles. The first-order valence-electron chi connectivity index (χ1n) is 8.71. The standard InChI is InChI=1S/C18H34O6/c1-4-6-19-7-8-20-9-10-21-11-12-22-13-14-23-15-16-24-17-18(3)5-2/h1,18H,5-17H2,2-3H3. The predicted octanol–water partition coefficient (Wildman–Crippen LogP) is 1.77. The van der Waals surface area contributed by atoms with Crippen LogP contribution in [0.15, 0.2) is 0 Å². The Kier molecular flexibility index (Phi) is 19.8. The molecule has 0 aliphatic rings. The summed E-state index contributed by atoms with van der Waals surface area (Å²) >= 11 is 0. The minimum absolute atomic E-state index is 0.325. The number of rotatable bonds is 19. The van der Waals surface area contributed by atoms with Gasteiger partial charge in [0.25, 0.3) is 0 Å². The highest BCUT2D eigenvalue weighted by Crippen LogP contribution is 1.99. The van der Waals surface area contributed by atoms with Crippen LogP contribution in [0.4, 0.5) is 0 Å². The van der Waals surface area contributed by atoms with E-state index in [1.54, 1.807) is 0 Å². The van der Waals surface area contributed by atoms with Gasteiger partial charge in [0.15, 0.2) is 0 Å². The van der Waals surface area contributed by atoms with Crippen molar-refractivity contribution in [2.45, 2.75) is 20.3 Å². The molecule has 1 unspecified atom stereocenters. The molecule has 6 nitrogen and oxygen atoms in total. The predicted molar refractivity (Wildman–Crippen MR) is 93.2 cm³/mol. The minimum atomic E-state index is 0.325. The summed E-state index contributed by atoms with van der Waals surface area (Å²) in [5, 5.41) is 0. The van der Waals surface area contributed by atoms with Crippen LogP contribution in [0.3, 0.4) is 0 Å². The molecule has 24 heavy (non-hydrogen) atoms. The van der Waals surface area contributed by atoms with Gasteiger partial charge < -0.3 is 28.4 Å². The van der Waals surface area contributed by atoms with Crippen LogP contribution in [0, 0.1) is 18.3 Å². The highest BCUT2D eigenvalue weighted by Gasteiger charge is 1.98. The Hall–Kier alpha value is -0.680. The summed E-state index contributed by atoms with van der Waals surface area (Å²) in [5.41, 5.74) is 0. The van der Waals surface area contributed by atoms with E-state index in [2.05, 4.69) is 19.8 Å². The van der Waals surface area contributed by atoms with E-state index >= 15 is 0 Å². The molecule has 0 amide bonds. The molecule has 1 atom stereocenters. The quantitative estimate of drug-likeness (QED) is 0.262. The van der Waals surface area contributed by atoms with Gasteiger partial charge in [0.05, 0.1) is 66.1 Å². The van der Waals surface area contributed by atoms with E-state index in [0.717, 1.165) is 13.0 Å². The lowest BCUT2D eigenvalue weighted by Crippen LogP contribution is -2.14. The Morgan fingerprint density at radius 3 is 1.42 bits per heavy atom. The van der Waals surface area contributed by atoms with Gasteiger partial charge >= 0.3 is 0 Å². The second kappa shape index (κ2) is 20.4. The first kappa shape index (κ1) is 23.3. The highest BCUT2D eigenvalue weighted by molar-refractivity contribution is 4.82. The van der Waals surface area contributed by atoms with Crippen LogP contribution in [0.25, 0.3) is 0 Å². The second-order valence-electron chi connectivity index (χ2n) is 5.29. The van der Waals surface area contributed by atoms with Gasteiger partial charge in [-0.15, -0.1) is 6.42 Å². The number of ether oxygens (including phenoxy) is 6. The summed E-state index contributed by atoms with van der Waals surface area (Å²) in [6.07, 6.45) is 6.19. The van der Waals surface area contributed by atoms with Crippen molar-refractivity contribution >= 4 is 0 Å². The lowest BCUT2D eigenvalue weighted by molar-refractivity contribution is -0.0171. The van der Waals surface area contributed by atoms with Crippen molar-refractivity contribution < 1.29 is 28.4 Å². The Morgan fingerprint density at radius 1 is 0.667 bits per heavy atom. The van der Waals surface area contributed by atoms with Crippen LogP contribution >= 0.6 is 0 Å². The van der Waals surface area contributed by atoms with E-state index in [4.69, 9.17) is 34.8 Å². The lowest BCUT2D eigenvalue weighted by Gasteiger charge is -2.10. The van der Waals surface area contributed by atoms with Crippen molar-refractivity contribution in [2.24, 2.45) is 5.92 Å². The summed E-state index contributed by atoms with van der Waals surface area (Å²) in [5.74, 6) is 3.01. The third-order valence-electron chi connectivity index (χ3n) is 3.14. The molecule has 142 valence electrons. The summed E-state index contributed by atoms with van der Waals surface area (Å²) in [4.78, 5) is 0. The Morgan fingerprint density at radius 2 is 1.04 bits per heavy atom. The molecule has 0 bridgehead atoms. The maximum Gasteiger partial charge on any atom is 0.107 e.